The Hall–Kier alpha value is -3.09. The maximum atomic E-state index is 13.2. The number of hydrogen-bond acceptors (Lipinski definition) is 7. The average molecular weight is 522 g/mol. The average Bonchev–Trinajstić information content (AvgIpc) is 3.26. The van der Waals surface area contributed by atoms with Crippen molar-refractivity contribution in [2.75, 3.05) is 5.75 Å². The Balaban J connectivity index is 2.25. The van der Waals surface area contributed by atoms with Gasteiger partial charge >= 0.3 is 5.97 Å². The number of carboxylic acids is 1. The van der Waals surface area contributed by atoms with Gasteiger partial charge in [0.1, 0.15) is 24.2 Å². The first-order valence-electron chi connectivity index (χ1n) is 11.7. The van der Waals surface area contributed by atoms with Crippen LogP contribution >= 0.6 is 12.6 Å². The Kier molecular flexibility index (Phi) is 10.8. The lowest BCUT2D eigenvalue weighted by molar-refractivity contribution is -0.143. The molecule has 3 amide bonds. The summed E-state index contributed by atoms with van der Waals surface area (Å²) in [5, 5.41) is 27.6. The van der Waals surface area contributed by atoms with Crippen molar-refractivity contribution in [2.24, 2.45) is 11.7 Å². The molecule has 2 aromatic rings. The number of H-pyrrole nitrogens is 1. The number of benzene rings is 1. The summed E-state index contributed by atoms with van der Waals surface area (Å²) >= 11 is 4.15. The van der Waals surface area contributed by atoms with Crippen molar-refractivity contribution >= 4 is 47.2 Å². The summed E-state index contributed by atoms with van der Waals surface area (Å²) in [6.07, 6.45) is 1.17. The zero-order valence-corrected chi connectivity index (χ0v) is 21.4. The maximum Gasteiger partial charge on any atom is 0.326 e. The Morgan fingerprint density at radius 1 is 1.03 bits per heavy atom. The molecule has 0 saturated carbocycles. The predicted molar refractivity (Wildman–Crippen MR) is 138 cm³/mol. The van der Waals surface area contributed by atoms with Crippen LogP contribution < -0.4 is 21.7 Å². The number of carbonyl (C=O) groups excluding carboxylic acids is 3. The third-order valence-corrected chi connectivity index (χ3v) is 6.51. The van der Waals surface area contributed by atoms with E-state index in [1.54, 1.807) is 20.0 Å². The number of rotatable bonds is 13. The van der Waals surface area contributed by atoms with E-state index in [4.69, 9.17) is 5.73 Å². The van der Waals surface area contributed by atoms with E-state index in [9.17, 15) is 29.4 Å². The monoisotopic (exact) mass is 521 g/mol. The minimum atomic E-state index is -1.26. The van der Waals surface area contributed by atoms with Crippen LogP contribution in [0.15, 0.2) is 30.5 Å². The summed E-state index contributed by atoms with van der Waals surface area (Å²) in [5.41, 5.74) is 7.33. The second-order valence-corrected chi connectivity index (χ2v) is 9.21. The highest BCUT2D eigenvalue weighted by molar-refractivity contribution is 7.80. The van der Waals surface area contributed by atoms with Crippen molar-refractivity contribution in [1.29, 1.82) is 0 Å². The second kappa shape index (κ2) is 13.3. The third kappa shape index (κ3) is 7.45. The molecule has 11 nitrogen and oxygen atoms in total. The number of aromatic amines is 1. The van der Waals surface area contributed by atoms with Gasteiger partial charge in [-0.05, 0) is 24.5 Å². The van der Waals surface area contributed by atoms with Crippen LogP contribution in [-0.4, -0.2) is 74.9 Å². The first kappa shape index (κ1) is 29.1. The van der Waals surface area contributed by atoms with Crippen LogP contribution in [0.4, 0.5) is 0 Å². The van der Waals surface area contributed by atoms with Gasteiger partial charge in [0.2, 0.25) is 17.7 Å². The zero-order valence-electron chi connectivity index (χ0n) is 20.5. The summed E-state index contributed by atoms with van der Waals surface area (Å²) in [6, 6.07) is 2.74. The van der Waals surface area contributed by atoms with Crippen LogP contribution in [0.5, 0.6) is 0 Å². The molecule has 6 unspecified atom stereocenters. The van der Waals surface area contributed by atoms with E-state index >= 15 is 0 Å². The van der Waals surface area contributed by atoms with Gasteiger partial charge in [0.25, 0.3) is 0 Å². The quantitative estimate of drug-likeness (QED) is 0.169. The summed E-state index contributed by atoms with van der Waals surface area (Å²) in [5.74, 6) is -3.75. The van der Waals surface area contributed by atoms with E-state index in [0.717, 1.165) is 16.5 Å². The molecule has 0 radical (unpaired) electrons. The fraction of sp³-hybridized carbons (Fsp3) is 0.500. The van der Waals surface area contributed by atoms with E-state index in [1.165, 1.54) is 6.92 Å². The number of carboxylic acid groups (broad SMARTS) is 1. The van der Waals surface area contributed by atoms with Gasteiger partial charge in [-0.15, -0.1) is 0 Å². The van der Waals surface area contributed by atoms with Crippen LogP contribution in [0.2, 0.25) is 0 Å². The molecule has 36 heavy (non-hydrogen) atoms. The molecule has 0 saturated heterocycles. The molecule has 8 N–H and O–H groups in total. The Bertz CT molecular complexity index is 1070. The highest BCUT2D eigenvalue weighted by Crippen LogP contribution is 2.19. The smallest absolute Gasteiger partial charge is 0.326 e. The molecule has 1 aromatic carbocycles. The Labute approximate surface area is 215 Å². The number of fused-ring (bicyclic) bond motifs is 1. The van der Waals surface area contributed by atoms with Crippen molar-refractivity contribution < 1.29 is 29.4 Å². The van der Waals surface area contributed by atoms with Crippen LogP contribution in [0.1, 0.15) is 32.8 Å². The molecule has 0 fully saturated rings. The van der Waals surface area contributed by atoms with Gasteiger partial charge in [0.15, 0.2) is 0 Å². The number of aliphatic hydroxyl groups is 1. The molecule has 1 aromatic heterocycles. The van der Waals surface area contributed by atoms with Crippen molar-refractivity contribution in [3.63, 3.8) is 0 Å². The van der Waals surface area contributed by atoms with Crippen LogP contribution in [0.3, 0.4) is 0 Å². The fourth-order valence-electron chi connectivity index (χ4n) is 3.62. The standard InChI is InChI=1S/C24H35N5O6S/c1-4-12(2)20(24(34)35)29-22(32)18(11-36)28-21(31)17(27-23(33)19(25)13(3)30)9-14-10-26-16-8-6-5-7-15(14)16/h5-8,10,12-13,17-20,26,30,36H,4,9,11,25H2,1-3H3,(H,27,33)(H,28,31)(H,29,32)(H,34,35). The highest BCUT2D eigenvalue weighted by atomic mass is 32.1. The molecule has 198 valence electrons. The number of para-hydroxylation sites is 1. The molecule has 0 bridgehead atoms. The van der Waals surface area contributed by atoms with Gasteiger partial charge in [-0.3, -0.25) is 14.4 Å². The lowest BCUT2D eigenvalue weighted by Gasteiger charge is -2.26. The lowest BCUT2D eigenvalue weighted by Crippen LogP contribution is -2.59. The van der Waals surface area contributed by atoms with E-state index in [1.807, 2.05) is 24.3 Å². The number of aliphatic carboxylic acids is 1. The molecule has 2 rings (SSSR count). The van der Waals surface area contributed by atoms with Crippen molar-refractivity contribution in [1.82, 2.24) is 20.9 Å². The van der Waals surface area contributed by atoms with Crippen molar-refractivity contribution in [3.8, 4) is 0 Å². The van der Waals surface area contributed by atoms with Crippen LogP contribution in [-0.2, 0) is 25.6 Å². The molecule has 1 heterocycles. The molecule has 0 aliphatic rings. The van der Waals surface area contributed by atoms with Gasteiger partial charge in [-0.2, -0.15) is 12.6 Å². The number of amides is 3. The van der Waals surface area contributed by atoms with E-state index < -0.39 is 54.0 Å². The number of aromatic nitrogens is 1. The minimum absolute atomic E-state index is 0.0691. The Morgan fingerprint density at radius 2 is 1.64 bits per heavy atom. The first-order valence-corrected chi connectivity index (χ1v) is 12.4. The summed E-state index contributed by atoms with van der Waals surface area (Å²) in [7, 11) is 0. The number of carbonyl (C=O) groups is 4. The number of aliphatic hydroxyl groups excluding tert-OH is 1. The van der Waals surface area contributed by atoms with E-state index in [0.29, 0.717) is 6.42 Å². The summed E-state index contributed by atoms with van der Waals surface area (Å²) < 4.78 is 0. The molecule has 0 aliphatic heterocycles. The number of nitrogens with one attached hydrogen (secondary N) is 4. The number of thiol groups is 1. The largest absolute Gasteiger partial charge is 0.480 e. The van der Waals surface area contributed by atoms with Crippen molar-refractivity contribution in [3.05, 3.63) is 36.0 Å². The van der Waals surface area contributed by atoms with Gasteiger partial charge in [-0.25, -0.2) is 4.79 Å². The van der Waals surface area contributed by atoms with E-state index in [-0.39, 0.29) is 18.1 Å². The zero-order chi connectivity index (χ0) is 27.0. The third-order valence-electron chi connectivity index (χ3n) is 6.15. The van der Waals surface area contributed by atoms with Gasteiger partial charge in [0, 0.05) is 29.3 Å². The first-order chi connectivity index (χ1) is 17.0. The second-order valence-electron chi connectivity index (χ2n) is 8.84. The van der Waals surface area contributed by atoms with E-state index in [2.05, 4.69) is 33.6 Å². The number of nitrogens with two attached hydrogens (primary N) is 1. The van der Waals surface area contributed by atoms with Crippen molar-refractivity contribution in [2.45, 2.75) is 63.9 Å². The lowest BCUT2D eigenvalue weighted by atomic mass is 9.99. The molecule has 12 heteroatoms. The van der Waals surface area contributed by atoms with Gasteiger partial charge < -0.3 is 36.9 Å². The highest BCUT2D eigenvalue weighted by Gasteiger charge is 2.32. The molecular weight excluding hydrogens is 486 g/mol. The van der Waals surface area contributed by atoms with Crippen LogP contribution in [0, 0.1) is 5.92 Å². The molecule has 0 spiro atoms. The molecule has 6 atom stereocenters. The van der Waals surface area contributed by atoms with Gasteiger partial charge in [-0.1, -0.05) is 38.5 Å². The fourth-order valence-corrected chi connectivity index (χ4v) is 3.88. The SMILES string of the molecule is CCC(C)C(NC(=O)C(CS)NC(=O)C(Cc1c[nH]c2ccccc12)NC(=O)C(N)C(C)O)C(=O)O. The topological polar surface area (TPSA) is 187 Å². The maximum absolute atomic E-state index is 13.2. The predicted octanol–water partition coefficient (Wildman–Crippen LogP) is -0.0666. The summed E-state index contributed by atoms with van der Waals surface area (Å²) in [4.78, 5) is 53.3. The normalized spacial score (nSPS) is 16.3. The van der Waals surface area contributed by atoms with Crippen LogP contribution in [0.25, 0.3) is 10.9 Å². The minimum Gasteiger partial charge on any atom is -0.480 e. The Morgan fingerprint density at radius 3 is 2.22 bits per heavy atom. The molecular formula is C24H35N5O6S. The summed E-state index contributed by atoms with van der Waals surface area (Å²) in [6.45, 7) is 4.86. The van der Waals surface area contributed by atoms with Gasteiger partial charge in [0.05, 0.1) is 6.10 Å². The number of hydrogen-bond donors (Lipinski definition) is 8. The molecule has 0 aliphatic carbocycles.